The first kappa shape index (κ1) is 18.1. The molecule has 0 bridgehead atoms. The third-order valence-corrected chi connectivity index (χ3v) is 5.11. The van der Waals surface area contributed by atoms with E-state index >= 15 is 0 Å². The molecule has 0 atom stereocenters. The monoisotopic (exact) mass is 350 g/mol. The summed E-state index contributed by atoms with van der Waals surface area (Å²) < 4.78 is 24.3. The summed E-state index contributed by atoms with van der Waals surface area (Å²) in [5.41, 5.74) is 2.83. The van der Waals surface area contributed by atoms with E-state index in [0.29, 0.717) is 35.6 Å². The van der Waals surface area contributed by atoms with E-state index in [9.17, 15) is 13.2 Å². The van der Waals surface area contributed by atoms with Gasteiger partial charge in [-0.15, -0.1) is 5.10 Å². The molecule has 0 saturated carbocycles. The second-order valence-corrected chi connectivity index (χ2v) is 6.55. The number of aryl methyl sites for hydroxylation is 2. The summed E-state index contributed by atoms with van der Waals surface area (Å²) >= 11 is 0. The molecule has 1 amide bonds. The minimum absolute atomic E-state index is 0.253. The molecule has 0 fully saturated rings. The number of benzene rings is 1. The van der Waals surface area contributed by atoms with Crippen LogP contribution in [-0.4, -0.2) is 47.2 Å². The molecule has 0 aliphatic rings. The molecule has 1 aromatic carbocycles. The van der Waals surface area contributed by atoms with Crippen LogP contribution in [0.2, 0.25) is 0 Å². The predicted octanol–water partition coefficient (Wildman–Crippen LogP) is 2.15. The van der Waals surface area contributed by atoms with Gasteiger partial charge in [-0.1, -0.05) is 6.07 Å². The summed E-state index contributed by atoms with van der Waals surface area (Å²) in [6.45, 7) is 10.3. The second kappa shape index (κ2) is 7.12. The normalized spacial score (nSPS) is 11.1. The maximum atomic E-state index is 12.3. The minimum Gasteiger partial charge on any atom is -0.323 e. The van der Waals surface area contributed by atoms with Crippen LogP contribution in [0.15, 0.2) is 17.3 Å². The highest BCUT2D eigenvalue weighted by molar-refractivity contribution is 7.72. The van der Waals surface area contributed by atoms with Crippen LogP contribution in [0.1, 0.15) is 30.5 Å². The first-order valence-corrected chi connectivity index (χ1v) is 8.96. The van der Waals surface area contributed by atoms with Crippen LogP contribution in [-0.2, 0) is 10.7 Å². The van der Waals surface area contributed by atoms with Crippen LogP contribution in [0.25, 0.3) is 11.4 Å². The van der Waals surface area contributed by atoms with Crippen molar-refractivity contribution in [2.75, 3.05) is 13.1 Å². The zero-order chi connectivity index (χ0) is 18.0. The maximum Gasteiger partial charge on any atom is 0.346 e. The molecular formula is C16H22N4O3S. The van der Waals surface area contributed by atoms with Crippen LogP contribution in [0.5, 0.6) is 0 Å². The van der Waals surface area contributed by atoms with Crippen LogP contribution in [0.4, 0.5) is 4.79 Å². The van der Waals surface area contributed by atoms with E-state index in [4.69, 9.17) is 0 Å². The first-order valence-electron chi connectivity index (χ1n) is 7.78. The molecule has 1 heterocycles. The quantitative estimate of drug-likeness (QED) is 0.854. The van der Waals surface area contributed by atoms with Gasteiger partial charge < -0.3 is 4.90 Å². The van der Waals surface area contributed by atoms with E-state index in [0.717, 1.165) is 5.56 Å². The van der Waals surface area contributed by atoms with Gasteiger partial charge in [0.05, 0.1) is 4.90 Å². The molecule has 0 N–H and O–H groups in total. The topological polar surface area (TPSA) is 85.2 Å². The van der Waals surface area contributed by atoms with Crippen LogP contribution in [0, 0.1) is 20.8 Å². The smallest absolute Gasteiger partial charge is 0.323 e. The van der Waals surface area contributed by atoms with Gasteiger partial charge in [0.2, 0.25) is 0 Å². The van der Waals surface area contributed by atoms with E-state index < -0.39 is 10.7 Å². The Labute approximate surface area is 143 Å². The maximum absolute atomic E-state index is 12.3. The van der Waals surface area contributed by atoms with Gasteiger partial charge >= 0.3 is 6.03 Å². The molecule has 0 aliphatic heterocycles. The Morgan fingerprint density at radius 2 is 1.79 bits per heavy atom. The van der Waals surface area contributed by atoms with Gasteiger partial charge in [0.15, 0.2) is 16.5 Å². The van der Waals surface area contributed by atoms with Crippen molar-refractivity contribution in [1.29, 1.82) is 0 Å². The first-order chi connectivity index (χ1) is 11.3. The molecule has 2 aromatic rings. The van der Waals surface area contributed by atoms with Gasteiger partial charge in [-0.05, 0) is 51.3 Å². The fourth-order valence-corrected chi connectivity index (χ4v) is 3.65. The van der Waals surface area contributed by atoms with Gasteiger partial charge in [0, 0.05) is 18.7 Å². The van der Waals surface area contributed by atoms with Gasteiger partial charge in [0.25, 0.3) is 0 Å². The largest absolute Gasteiger partial charge is 0.346 e. The van der Waals surface area contributed by atoms with Crippen LogP contribution >= 0.6 is 0 Å². The van der Waals surface area contributed by atoms with Crippen LogP contribution in [0.3, 0.4) is 0 Å². The van der Waals surface area contributed by atoms with Crippen molar-refractivity contribution in [3.8, 4) is 11.4 Å². The van der Waals surface area contributed by atoms with E-state index in [-0.39, 0.29) is 10.9 Å². The van der Waals surface area contributed by atoms with Crippen molar-refractivity contribution >= 4 is 16.7 Å². The Bertz CT molecular complexity index is 843. The molecule has 130 valence electrons. The number of hydrogen-bond donors (Lipinski definition) is 1. The molecule has 0 spiro atoms. The lowest BCUT2D eigenvalue weighted by molar-refractivity contribution is 0.201. The second-order valence-electron chi connectivity index (χ2n) is 5.58. The summed E-state index contributed by atoms with van der Waals surface area (Å²) in [6, 6.07) is 1.55. The average molecular weight is 350 g/mol. The fraction of sp³-hybridized carbons (Fsp3) is 0.438. The minimum atomic E-state index is -2.71. The number of rotatable bonds is 4. The van der Waals surface area contributed by atoms with Gasteiger partial charge in [-0.2, -0.15) is 4.68 Å². The SMILES string of the molecule is CCN(CC)C(=O)n1cnc(-c2c(C)cc(C)c([SH](=O)=O)c2C)n1. The van der Waals surface area contributed by atoms with E-state index in [2.05, 4.69) is 10.1 Å². The number of carbonyl (C=O) groups excluding carboxylic acids is 1. The van der Waals surface area contributed by atoms with Gasteiger partial charge in [-0.3, -0.25) is 0 Å². The van der Waals surface area contributed by atoms with Crippen LogP contribution < -0.4 is 0 Å². The van der Waals surface area contributed by atoms with E-state index in [1.807, 2.05) is 20.8 Å². The lowest BCUT2D eigenvalue weighted by atomic mass is 9.99. The average Bonchev–Trinajstić information content (AvgIpc) is 2.96. The molecule has 0 radical (unpaired) electrons. The molecule has 2 rings (SSSR count). The summed E-state index contributed by atoms with van der Waals surface area (Å²) in [7, 11) is -2.71. The lowest BCUT2D eigenvalue weighted by Crippen LogP contribution is -2.34. The molecular weight excluding hydrogens is 328 g/mol. The molecule has 1 aromatic heterocycles. The van der Waals surface area contributed by atoms with Crippen molar-refractivity contribution in [3.05, 3.63) is 29.1 Å². The summed E-state index contributed by atoms with van der Waals surface area (Å²) in [5, 5.41) is 4.27. The van der Waals surface area contributed by atoms with Crippen molar-refractivity contribution in [3.63, 3.8) is 0 Å². The number of amides is 1. The molecule has 7 nitrogen and oxygen atoms in total. The highest BCUT2D eigenvalue weighted by Crippen LogP contribution is 2.30. The molecule has 8 heteroatoms. The number of aromatic nitrogens is 3. The molecule has 0 saturated heterocycles. The molecule has 0 aliphatic carbocycles. The van der Waals surface area contributed by atoms with Crippen molar-refractivity contribution in [2.45, 2.75) is 39.5 Å². The molecule has 24 heavy (non-hydrogen) atoms. The number of thiol groups is 1. The van der Waals surface area contributed by atoms with Crippen molar-refractivity contribution in [1.82, 2.24) is 19.7 Å². The summed E-state index contributed by atoms with van der Waals surface area (Å²) in [6.07, 6.45) is 1.37. The third kappa shape index (κ3) is 3.19. The number of hydrogen-bond acceptors (Lipinski definition) is 5. The zero-order valence-corrected chi connectivity index (χ0v) is 15.4. The number of carbonyl (C=O) groups is 1. The Morgan fingerprint density at radius 3 is 2.33 bits per heavy atom. The van der Waals surface area contributed by atoms with Crippen molar-refractivity contribution < 1.29 is 13.2 Å². The fourth-order valence-electron chi connectivity index (χ4n) is 2.91. The number of nitrogens with zero attached hydrogens (tertiary/aromatic N) is 4. The Kier molecular flexibility index (Phi) is 5.38. The highest BCUT2D eigenvalue weighted by atomic mass is 32.2. The third-order valence-electron chi connectivity index (χ3n) is 4.06. The highest BCUT2D eigenvalue weighted by Gasteiger charge is 2.20. The zero-order valence-electron chi connectivity index (χ0n) is 14.5. The van der Waals surface area contributed by atoms with E-state index in [1.54, 1.807) is 24.8 Å². The van der Waals surface area contributed by atoms with Gasteiger partial charge in [-0.25, -0.2) is 18.2 Å². The van der Waals surface area contributed by atoms with Crippen molar-refractivity contribution in [2.24, 2.45) is 0 Å². The molecule has 0 unspecified atom stereocenters. The van der Waals surface area contributed by atoms with Gasteiger partial charge in [0.1, 0.15) is 6.33 Å². The Balaban J connectivity index is 2.55. The predicted molar refractivity (Wildman–Crippen MR) is 92.0 cm³/mol. The Morgan fingerprint density at radius 1 is 1.17 bits per heavy atom. The Hall–Kier alpha value is -2.22. The summed E-state index contributed by atoms with van der Waals surface area (Å²) in [5.74, 6) is 0.351. The lowest BCUT2D eigenvalue weighted by Gasteiger charge is -2.17. The van der Waals surface area contributed by atoms with E-state index in [1.165, 1.54) is 11.0 Å². The summed E-state index contributed by atoms with van der Waals surface area (Å²) in [4.78, 5) is 18.5. The standard InChI is InChI=1S/C16H22N4O3S/c1-6-19(7-2)16(21)20-9-17-15(18-20)13-10(3)8-11(4)14(12(13)5)24(22)23/h8-9,24H,6-7H2,1-5H3.